The minimum Gasteiger partial charge on any atom is -0.354 e. The molecule has 1 atom stereocenters. The van der Waals surface area contributed by atoms with Crippen LogP contribution in [0.1, 0.15) is 24.9 Å². The Morgan fingerprint density at radius 1 is 1.08 bits per heavy atom. The fourth-order valence-electron chi connectivity index (χ4n) is 3.14. The number of piperazine rings is 1. The lowest BCUT2D eigenvalue weighted by Gasteiger charge is -2.35. The van der Waals surface area contributed by atoms with Crippen LogP contribution < -0.4 is 10.2 Å². The first kappa shape index (κ1) is 17.4. The van der Waals surface area contributed by atoms with Crippen LogP contribution in [0, 0.1) is 0 Å². The summed E-state index contributed by atoms with van der Waals surface area (Å²) in [6.45, 7) is 6.69. The molecule has 5 heteroatoms. The minimum atomic E-state index is 0.0507. The number of nitrogens with one attached hydrogen (secondary N) is 1. The van der Waals surface area contributed by atoms with Gasteiger partial charge < -0.3 is 10.2 Å². The highest BCUT2D eigenvalue weighted by molar-refractivity contribution is 5.76. The van der Waals surface area contributed by atoms with Crippen molar-refractivity contribution < 1.29 is 4.79 Å². The second-order valence-corrected chi connectivity index (χ2v) is 6.47. The van der Waals surface area contributed by atoms with Gasteiger partial charge in [-0.15, -0.1) is 0 Å². The zero-order chi connectivity index (χ0) is 17.5. The molecule has 1 aromatic heterocycles. The van der Waals surface area contributed by atoms with Gasteiger partial charge in [-0.1, -0.05) is 36.4 Å². The van der Waals surface area contributed by atoms with Gasteiger partial charge in [0, 0.05) is 45.3 Å². The maximum atomic E-state index is 12.2. The van der Waals surface area contributed by atoms with Crippen molar-refractivity contribution in [2.45, 2.75) is 19.4 Å². The third kappa shape index (κ3) is 5.03. The zero-order valence-corrected chi connectivity index (χ0v) is 14.8. The van der Waals surface area contributed by atoms with E-state index in [0.29, 0.717) is 6.42 Å². The van der Waals surface area contributed by atoms with Crippen LogP contribution in [-0.4, -0.2) is 48.5 Å². The summed E-state index contributed by atoms with van der Waals surface area (Å²) in [5.74, 6) is 1.15. The van der Waals surface area contributed by atoms with E-state index in [1.165, 1.54) is 0 Å². The van der Waals surface area contributed by atoms with E-state index in [1.54, 1.807) is 0 Å². The molecule has 25 heavy (non-hydrogen) atoms. The Balaban J connectivity index is 1.39. The third-order valence-electron chi connectivity index (χ3n) is 4.68. The summed E-state index contributed by atoms with van der Waals surface area (Å²) in [5.41, 5.74) is 1.14. The van der Waals surface area contributed by atoms with E-state index >= 15 is 0 Å². The number of hydrogen-bond donors (Lipinski definition) is 1. The van der Waals surface area contributed by atoms with Gasteiger partial charge in [-0.25, -0.2) is 4.98 Å². The quantitative estimate of drug-likeness (QED) is 0.879. The largest absolute Gasteiger partial charge is 0.354 e. The average Bonchev–Trinajstić information content (AvgIpc) is 2.68. The van der Waals surface area contributed by atoms with Gasteiger partial charge in [0.1, 0.15) is 5.82 Å². The lowest BCUT2D eigenvalue weighted by molar-refractivity contribution is -0.122. The number of carbonyl (C=O) groups excluding carboxylic acids is 1. The van der Waals surface area contributed by atoms with Crippen LogP contribution in [0.15, 0.2) is 54.7 Å². The van der Waals surface area contributed by atoms with Gasteiger partial charge in [0.05, 0.1) is 6.04 Å². The highest BCUT2D eigenvalue weighted by Gasteiger charge is 2.18. The maximum absolute atomic E-state index is 12.2. The first-order chi connectivity index (χ1) is 12.2. The average molecular weight is 338 g/mol. The molecule has 2 heterocycles. The van der Waals surface area contributed by atoms with Gasteiger partial charge in [-0.3, -0.25) is 9.69 Å². The molecule has 1 fully saturated rings. The van der Waals surface area contributed by atoms with E-state index in [1.807, 2.05) is 61.7 Å². The second-order valence-electron chi connectivity index (χ2n) is 6.47. The summed E-state index contributed by atoms with van der Waals surface area (Å²) in [6, 6.07) is 16.1. The molecule has 1 unspecified atom stereocenters. The lowest BCUT2D eigenvalue weighted by Crippen LogP contribution is -2.47. The van der Waals surface area contributed by atoms with Gasteiger partial charge in [0.25, 0.3) is 0 Å². The molecule has 0 bridgehead atoms. The van der Waals surface area contributed by atoms with E-state index < -0.39 is 0 Å². The van der Waals surface area contributed by atoms with Crippen molar-refractivity contribution in [1.82, 2.24) is 15.2 Å². The van der Waals surface area contributed by atoms with E-state index in [4.69, 9.17) is 0 Å². The molecule has 0 saturated carbocycles. The number of benzene rings is 1. The van der Waals surface area contributed by atoms with Gasteiger partial charge >= 0.3 is 0 Å². The van der Waals surface area contributed by atoms with Crippen LogP contribution in [0.4, 0.5) is 5.82 Å². The number of anilines is 1. The molecule has 0 aliphatic carbocycles. The van der Waals surface area contributed by atoms with Crippen molar-refractivity contribution >= 4 is 11.7 Å². The molecule has 1 saturated heterocycles. The molecule has 5 nitrogen and oxygen atoms in total. The number of rotatable bonds is 6. The van der Waals surface area contributed by atoms with Crippen molar-refractivity contribution in [3.05, 3.63) is 60.3 Å². The summed E-state index contributed by atoms with van der Waals surface area (Å²) in [5, 5.41) is 3.08. The monoisotopic (exact) mass is 338 g/mol. The predicted molar refractivity (Wildman–Crippen MR) is 101 cm³/mol. The summed E-state index contributed by atoms with van der Waals surface area (Å²) in [4.78, 5) is 21.3. The van der Waals surface area contributed by atoms with E-state index in [-0.39, 0.29) is 11.9 Å². The van der Waals surface area contributed by atoms with Crippen molar-refractivity contribution in [3.8, 4) is 0 Å². The van der Waals surface area contributed by atoms with Crippen molar-refractivity contribution in [2.24, 2.45) is 0 Å². The van der Waals surface area contributed by atoms with Gasteiger partial charge in [-0.05, 0) is 24.6 Å². The van der Waals surface area contributed by atoms with Crippen LogP contribution in [-0.2, 0) is 4.79 Å². The predicted octanol–water partition coefficient (Wildman–Crippen LogP) is 2.47. The van der Waals surface area contributed by atoms with Crippen LogP contribution in [0.5, 0.6) is 0 Å². The molecule has 0 spiro atoms. The summed E-state index contributed by atoms with van der Waals surface area (Å²) in [6.07, 6.45) is 2.38. The normalized spacial score (nSPS) is 16.4. The van der Waals surface area contributed by atoms with Crippen molar-refractivity contribution in [2.75, 3.05) is 37.6 Å². The zero-order valence-electron chi connectivity index (χ0n) is 14.8. The van der Waals surface area contributed by atoms with Crippen LogP contribution in [0.3, 0.4) is 0 Å². The van der Waals surface area contributed by atoms with E-state index in [9.17, 15) is 4.79 Å². The number of aromatic nitrogens is 1. The summed E-state index contributed by atoms with van der Waals surface area (Å²) < 4.78 is 0. The van der Waals surface area contributed by atoms with Gasteiger partial charge in [-0.2, -0.15) is 0 Å². The van der Waals surface area contributed by atoms with Gasteiger partial charge in [0.2, 0.25) is 5.91 Å². The Morgan fingerprint density at radius 3 is 2.48 bits per heavy atom. The minimum absolute atomic E-state index is 0.0507. The first-order valence-corrected chi connectivity index (χ1v) is 8.95. The highest BCUT2D eigenvalue weighted by Crippen LogP contribution is 2.13. The molecule has 132 valence electrons. The topological polar surface area (TPSA) is 48.5 Å². The Hall–Kier alpha value is -2.40. The van der Waals surface area contributed by atoms with Crippen molar-refractivity contribution in [1.29, 1.82) is 0 Å². The maximum Gasteiger partial charge on any atom is 0.221 e. The third-order valence-corrected chi connectivity index (χ3v) is 4.68. The standard InChI is InChI=1S/C20H26N4O/c1-17(18-7-3-2-4-8-18)22-20(25)10-12-23-13-15-24(16-14-23)19-9-5-6-11-21-19/h2-9,11,17H,10,12-16H2,1H3,(H,22,25). The van der Waals surface area contributed by atoms with Gasteiger partial charge in [0.15, 0.2) is 0 Å². The lowest BCUT2D eigenvalue weighted by atomic mass is 10.1. The highest BCUT2D eigenvalue weighted by atomic mass is 16.1. The molecular weight excluding hydrogens is 312 g/mol. The fourth-order valence-corrected chi connectivity index (χ4v) is 3.14. The van der Waals surface area contributed by atoms with Crippen molar-refractivity contribution in [3.63, 3.8) is 0 Å². The van der Waals surface area contributed by atoms with Crippen LogP contribution >= 0.6 is 0 Å². The number of pyridine rings is 1. The number of nitrogens with zero attached hydrogens (tertiary/aromatic N) is 3. The summed E-state index contributed by atoms with van der Waals surface area (Å²) >= 11 is 0. The molecule has 1 aromatic carbocycles. The molecule has 1 aliphatic rings. The Labute approximate surface area is 149 Å². The number of amides is 1. The SMILES string of the molecule is CC(NC(=O)CCN1CCN(c2ccccn2)CC1)c1ccccc1. The first-order valence-electron chi connectivity index (χ1n) is 8.95. The fraction of sp³-hybridized carbons (Fsp3) is 0.400. The molecular formula is C20H26N4O. The number of hydrogen-bond acceptors (Lipinski definition) is 4. The van der Waals surface area contributed by atoms with Crippen LogP contribution in [0.25, 0.3) is 0 Å². The smallest absolute Gasteiger partial charge is 0.221 e. The molecule has 1 N–H and O–H groups in total. The molecule has 2 aromatic rings. The summed E-state index contributed by atoms with van der Waals surface area (Å²) in [7, 11) is 0. The molecule has 3 rings (SSSR count). The van der Waals surface area contributed by atoms with E-state index in [0.717, 1.165) is 44.1 Å². The number of carbonyl (C=O) groups is 1. The molecule has 1 aliphatic heterocycles. The Kier molecular flexibility index (Phi) is 6.01. The Morgan fingerprint density at radius 2 is 1.80 bits per heavy atom. The van der Waals surface area contributed by atoms with Crippen LogP contribution in [0.2, 0.25) is 0 Å². The molecule has 0 radical (unpaired) electrons. The second kappa shape index (κ2) is 8.62. The van der Waals surface area contributed by atoms with E-state index in [2.05, 4.69) is 20.1 Å². The molecule has 1 amide bonds. The Bertz CT molecular complexity index is 654.